The molecule has 2 aromatic carbocycles. The highest BCUT2D eigenvalue weighted by molar-refractivity contribution is 5.78. The van der Waals surface area contributed by atoms with Crippen LogP contribution in [0.25, 0.3) is 0 Å². The summed E-state index contributed by atoms with van der Waals surface area (Å²) in [7, 11) is 0. The molecule has 4 nitrogen and oxygen atoms in total. The van der Waals surface area contributed by atoms with Gasteiger partial charge in [-0.3, -0.25) is 4.79 Å². The topological polar surface area (TPSA) is 47.6 Å². The Hall–Kier alpha value is -2.49. The van der Waals surface area contributed by atoms with E-state index in [4.69, 9.17) is 9.47 Å². The first-order chi connectivity index (χ1) is 12.2. The van der Waals surface area contributed by atoms with E-state index in [-0.39, 0.29) is 24.2 Å². The number of carbonyl (C=O) groups is 1. The van der Waals surface area contributed by atoms with E-state index in [0.29, 0.717) is 0 Å². The Kier molecular flexibility index (Phi) is 4.94. The third-order valence-electron chi connectivity index (χ3n) is 4.65. The van der Waals surface area contributed by atoms with Crippen LogP contribution in [0.1, 0.15) is 48.6 Å². The van der Waals surface area contributed by atoms with Crippen LogP contribution in [0, 0.1) is 20.8 Å². The Morgan fingerprint density at radius 3 is 2.58 bits per heavy atom. The highest BCUT2D eigenvalue weighted by atomic mass is 16.5. The average molecular weight is 353 g/mol. The number of fused-ring (bicyclic) bond motifs is 1. The fourth-order valence-corrected chi connectivity index (χ4v) is 3.44. The third-order valence-corrected chi connectivity index (χ3v) is 4.65. The Balaban J connectivity index is 1.70. The number of carbonyl (C=O) groups excluding carboxylic acids is 1. The fraction of sp³-hybridized carbons (Fsp3) is 0.409. The number of rotatable bonds is 4. The molecule has 3 rings (SSSR count). The summed E-state index contributed by atoms with van der Waals surface area (Å²) in [6.45, 7) is 10.2. The zero-order valence-electron chi connectivity index (χ0n) is 16.2. The van der Waals surface area contributed by atoms with Crippen molar-refractivity contribution in [2.75, 3.05) is 6.61 Å². The second kappa shape index (κ2) is 7.02. The number of ether oxygens (including phenoxy) is 2. The van der Waals surface area contributed by atoms with Crippen LogP contribution in [0.5, 0.6) is 11.5 Å². The molecule has 0 saturated carbocycles. The summed E-state index contributed by atoms with van der Waals surface area (Å²) in [4.78, 5) is 12.5. The van der Waals surface area contributed by atoms with Crippen molar-refractivity contribution in [3.8, 4) is 11.5 Å². The van der Waals surface area contributed by atoms with E-state index in [1.807, 2.05) is 65.0 Å². The molecule has 138 valence electrons. The molecular weight excluding hydrogens is 326 g/mol. The summed E-state index contributed by atoms with van der Waals surface area (Å²) in [5.41, 5.74) is 4.07. The Bertz CT molecular complexity index is 826. The molecule has 1 amide bonds. The number of amides is 1. The molecular formula is C22H27NO3. The predicted molar refractivity (Wildman–Crippen MR) is 103 cm³/mol. The molecule has 0 spiro atoms. The van der Waals surface area contributed by atoms with Crippen LogP contribution in [0.3, 0.4) is 0 Å². The Morgan fingerprint density at radius 1 is 1.15 bits per heavy atom. The molecule has 1 atom stereocenters. The van der Waals surface area contributed by atoms with Crippen LogP contribution >= 0.6 is 0 Å². The van der Waals surface area contributed by atoms with Gasteiger partial charge in [-0.25, -0.2) is 0 Å². The maximum atomic E-state index is 12.5. The molecule has 26 heavy (non-hydrogen) atoms. The molecule has 0 aliphatic carbocycles. The molecule has 0 bridgehead atoms. The second-order valence-electron chi connectivity index (χ2n) is 7.78. The first kappa shape index (κ1) is 18.3. The van der Waals surface area contributed by atoms with Gasteiger partial charge in [-0.2, -0.15) is 0 Å². The number of aryl methyl sites for hydroxylation is 3. The highest BCUT2D eigenvalue weighted by Crippen LogP contribution is 2.39. The summed E-state index contributed by atoms with van der Waals surface area (Å²) < 4.78 is 11.8. The molecule has 0 aromatic heterocycles. The summed E-state index contributed by atoms with van der Waals surface area (Å²) in [5, 5.41) is 3.12. The zero-order chi connectivity index (χ0) is 18.9. The van der Waals surface area contributed by atoms with Crippen LogP contribution in [-0.4, -0.2) is 18.1 Å². The minimum Gasteiger partial charge on any atom is -0.487 e. The summed E-state index contributed by atoms with van der Waals surface area (Å²) in [6, 6.07) is 12.0. The smallest absolute Gasteiger partial charge is 0.258 e. The number of hydrogen-bond acceptors (Lipinski definition) is 3. The van der Waals surface area contributed by atoms with Crippen molar-refractivity contribution in [1.82, 2.24) is 5.32 Å². The highest BCUT2D eigenvalue weighted by Gasteiger charge is 2.34. The number of hydrogen-bond donors (Lipinski definition) is 1. The minimum atomic E-state index is -0.325. The Labute approximate surface area is 155 Å². The van der Waals surface area contributed by atoms with Crippen LogP contribution < -0.4 is 14.8 Å². The summed E-state index contributed by atoms with van der Waals surface area (Å²) >= 11 is 0. The molecule has 2 aromatic rings. The van der Waals surface area contributed by atoms with Crippen LogP contribution in [-0.2, 0) is 4.79 Å². The lowest BCUT2D eigenvalue weighted by Crippen LogP contribution is -2.42. The molecule has 1 N–H and O–H groups in total. The van der Waals surface area contributed by atoms with E-state index in [9.17, 15) is 4.79 Å². The minimum absolute atomic E-state index is 0.00281. The van der Waals surface area contributed by atoms with Crippen molar-refractivity contribution < 1.29 is 14.3 Å². The van der Waals surface area contributed by atoms with E-state index < -0.39 is 0 Å². The molecule has 4 heteroatoms. The predicted octanol–water partition coefficient (Wildman–Crippen LogP) is 4.41. The van der Waals surface area contributed by atoms with E-state index in [1.165, 1.54) is 5.56 Å². The monoisotopic (exact) mass is 353 g/mol. The van der Waals surface area contributed by atoms with Crippen LogP contribution in [0.4, 0.5) is 0 Å². The number of benzene rings is 2. The lowest BCUT2D eigenvalue weighted by atomic mass is 9.89. The molecule has 0 fully saturated rings. The van der Waals surface area contributed by atoms with Crippen molar-refractivity contribution in [2.24, 2.45) is 0 Å². The van der Waals surface area contributed by atoms with Gasteiger partial charge >= 0.3 is 0 Å². The van der Waals surface area contributed by atoms with Gasteiger partial charge in [0.25, 0.3) is 5.91 Å². The number of nitrogens with one attached hydrogen (secondary N) is 1. The first-order valence-corrected chi connectivity index (χ1v) is 9.02. The van der Waals surface area contributed by atoms with Gasteiger partial charge in [0.05, 0.1) is 6.04 Å². The SMILES string of the molecule is Cc1ccc(OCC(=O)NC2CC(C)(C)Oc3ccc(C)cc32)c(C)c1. The normalized spacial score (nSPS) is 17.8. The van der Waals surface area contributed by atoms with Gasteiger partial charge in [-0.1, -0.05) is 35.4 Å². The van der Waals surface area contributed by atoms with Crippen molar-refractivity contribution in [3.05, 3.63) is 58.7 Å². The zero-order valence-corrected chi connectivity index (χ0v) is 16.2. The largest absolute Gasteiger partial charge is 0.487 e. The molecule has 1 aliphatic rings. The summed E-state index contributed by atoms with van der Waals surface area (Å²) in [5.74, 6) is 1.46. The van der Waals surface area contributed by atoms with Gasteiger partial charge < -0.3 is 14.8 Å². The summed E-state index contributed by atoms with van der Waals surface area (Å²) in [6.07, 6.45) is 0.721. The fourth-order valence-electron chi connectivity index (χ4n) is 3.44. The first-order valence-electron chi connectivity index (χ1n) is 9.02. The van der Waals surface area contributed by atoms with Gasteiger partial charge in [-0.15, -0.1) is 0 Å². The van der Waals surface area contributed by atoms with Crippen molar-refractivity contribution in [3.63, 3.8) is 0 Å². The molecule has 0 saturated heterocycles. The van der Waals surface area contributed by atoms with Crippen molar-refractivity contribution >= 4 is 5.91 Å². The molecule has 0 radical (unpaired) electrons. The van der Waals surface area contributed by atoms with Gasteiger partial charge in [0.1, 0.15) is 17.1 Å². The quantitative estimate of drug-likeness (QED) is 0.886. The van der Waals surface area contributed by atoms with Crippen LogP contribution in [0.15, 0.2) is 36.4 Å². The van der Waals surface area contributed by atoms with E-state index in [2.05, 4.69) is 11.4 Å². The molecule has 1 aliphatic heterocycles. The second-order valence-corrected chi connectivity index (χ2v) is 7.78. The van der Waals surface area contributed by atoms with E-state index >= 15 is 0 Å². The van der Waals surface area contributed by atoms with Gasteiger partial charge in [0.15, 0.2) is 6.61 Å². The van der Waals surface area contributed by atoms with Gasteiger partial charge in [0, 0.05) is 12.0 Å². The molecule has 1 unspecified atom stereocenters. The van der Waals surface area contributed by atoms with Crippen molar-refractivity contribution in [1.29, 1.82) is 0 Å². The molecule has 1 heterocycles. The van der Waals surface area contributed by atoms with E-state index in [1.54, 1.807) is 0 Å². The van der Waals surface area contributed by atoms with Gasteiger partial charge in [-0.05, 0) is 52.3 Å². The standard InChI is InChI=1S/C22H27NO3/c1-14-6-8-19(16(3)10-14)25-13-21(24)23-18-12-22(4,5)26-20-9-7-15(2)11-17(18)20/h6-11,18H,12-13H2,1-5H3,(H,23,24). The van der Waals surface area contributed by atoms with Gasteiger partial charge in [0.2, 0.25) is 0 Å². The maximum absolute atomic E-state index is 12.5. The van der Waals surface area contributed by atoms with Crippen molar-refractivity contribution in [2.45, 2.75) is 52.7 Å². The lowest BCUT2D eigenvalue weighted by Gasteiger charge is -2.38. The lowest BCUT2D eigenvalue weighted by molar-refractivity contribution is -0.124. The van der Waals surface area contributed by atoms with Crippen LogP contribution in [0.2, 0.25) is 0 Å². The average Bonchev–Trinajstić information content (AvgIpc) is 2.54. The Morgan fingerprint density at radius 2 is 1.85 bits per heavy atom. The maximum Gasteiger partial charge on any atom is 0.258 e. The third kappa shape index (κ3) is 4.18. The van der Waals surface area contributed by atoms with E-state index in [0.717, 1.165) is 34.6 Å².